The first-order valence-corrected chi connectivity index (χ1v) is 8.25. The number of carbonyl (C=O) groups excluding carboxylic acids is 1. The Morgan fingerprint density at radius 2 is 1.95 bits per heavy atom. The first-order chi connectivity index (χ1) is 10.4. The molecule has 3 aliphatic rings. The maximum atomic E-state index is 12.4. The monoisotopic (exact) mass is 297 g/mol. The third-order valence-electron chi connectivity index (χ3n) is 6.58. The van der Waals surface area contributed by atoms with Crippen molar-refractivity contribution in [3.05, 3.63) is 35.9 Å². The van der Waals surface area contributed by atoms with Crippen molar-refractivity contribution in [2.75, 3.05) is 0 Å². The quantitative estimate of drug-likeness (QED) is 0.785. The zero-order chi connectivity index (χ0) is 15.5. The number of fused-ring (bicyclic) bond motifs is 5. The van der Waals surface area contributed by atoms with Crippen LogP contribution in [0.5, 0.6) is 0 Å². The third kappa shape index (κ3) is 1.68. The fourth-order valence-electron chi connectivity index (χ4n) is 4.76. The maximum Gasteiger partial charge on any atom is 0.331 e. The largest absolute Gasteiger partial charge is 0.454 e. The van der Waals surface area contributed by atoms with Crippen molar-refractivity contribution in [1.29, 1.82) is 0 Å². The van der Waals surface area contributed by atoms with Crippen LogP contribution >= 0.6 is 0 Å². The Kier molecular flexibility index (Phi) is 2.82. The molecule has 0 aromatic heterocycles. The van der Waals surface area contributed by atoms with Gasteiger partial charge in [-0.3, -0.25) is 4.99 Å². The van der Waals surface area contributed by atoms with Crippen LogP contribution in [0.15, 0.2) is 35.3 Å². The van der Waals surface area contributed by atoms with Crippen LogP contribution in [-0.4, -0.2) is 23.8 Å². The fraction of sp³-hybridized carbons (Fsp3) is 0.579. The van der Waals surface area contributed by atoms with Gasteiger partial charge in [-0.1, -0.05) is 51.1 Å². The molecule has 1 aromatic carbocycles. The van der Waals surface area contributed by atoms with Gasteiger partial charge in [-0.2, -0.15) is 0 Å². The number of aliphatic imine (C=N–C) groups is 1. The van der Waals surface area contributed by atoms with Gasteiger partial charge in [-0.25, -0.2) is 4.79 Å². The number of rotatable bonds is 2. The lowest BCUT2D eigenvalue weighted by Crippen LogP contribution is -2.47. The number of esters is 1. The average Bonchev–Trinajstić information content (AvgIpc) is 2.81. The van der Waals surface area contributed by atoms with Gasteiger partial charge in [0, 0.05) is 17.8 Å². The van der Waals surface area contributed by atoms with E-state index in [1.165, 1.54) is 6.42 Å². The van der Waals surface area contributed by atoms with Crippen molar-refractivity contribution in [2.45, 2.75) is 52.2 Å². The Morgan fingerprint density at radius 3 is 2.68 bits per heavy atom. The molecule has 4 rings (SSSR count). The number of ether oxygens (including phenoxy) is 1. The summed E-state index contributed by atoms with van der Waals surface area (Å²) < 4.78 is 5.90. The Hall–Kier alpha value is -1.64. The van der Waals surface area contributed by atoms with E-state index in [-0.39, 0.29) is 28.9 Å². The fourth-order valence-corrected chi connectivity index (χ4v) is 4.76. The van der Waals surface area contributed by atoms with Crippen LogP contribution in [0.2, 0.25) is 0 Å². The molecule has 3 nitrogen and oxygen atoms in total. The summed E-state index contributed by atoms with van der Waals surface area (Å²) in [6, 6.07) is 9.72. The van der Waals surface area contributed by atoms with Gasteiger partial charge < -0.3 is 4.74 Å². The van der Waals surface area contributed by atoms with Crippen LogP contribution in [0.4, 0.5) is 0 Å². The standard InChI is InChI=1S/C19H23NO2/c1-18(2)13-9-10-19(18,3)16-15(13)20-14(17(21)22-16)11-12-7-5-4-6-8-12/h4-8,13-14,16H,9-11H2,1-3H3/t13-,14+,16-,19+/m1/s1. The Morgan fingerprint density at radius 1 is 1.23 bits per heavy atom. The van der Waals surface area contributed by atoms with Gasteiger partial charge in [-0.05, 0) is 23.8 Å². The van der Waals surface area contributed by atoms with E-state index in [0.717, 1.165) is 17.7 Å². The van der Waals surface area contributed by atoms with Gasteiger partial charge in [0.05, 0.1) is 5.71 Å². The van der Waals surface area contributed by atoms with E-state index in [1.807, 2.05) is 30.3 Å². The summed E-state index contributed by atoms with van der Waals surface area (Å²) >= 11 is 0. The van der Waals surface area contributed by atoms with Crippen LogP contribution in [0.25, 0.3) is 0 Å². The smallest absolute Gasteiger partial charge is 0.331 e. The van der Waals surface area contributed by atoms with Crippen molar-refractivity contribution in [1.82, 2.24) is 0 Å². The molecule has 0 radical (unpaired) electrons. The summed E-state index contributed by atoms with van der Waals surface area (Å²) in [4.78, 5) is 17.3. The van der Waals surface area contributed by atoms with E-state index in [4.69, 9.17) is 9.73 Å². The topological polar surface area (TPSA) is 38.7 Å². The molecular formula is C19H23NO2. The second-order valence-corrected chi connectivity index (χ2v) is 7.81. The zero-order valence-electron chi connectivity index (χ0n) is 13.5. The lowest BCUT2D eigenvalue weighted by Gasteiger charge is -2.39. The summed E-state index contributed by atoms with van der Waals surface area (Å²) in [5.74, 6) is 0.316. The minimum Gasteiger partial charge on any atom is -0.454 e. The van der Waals surface area contributed by atoms with E-state index in [9.17, 15) is 4.79 Å². The van der Waals surface area contributed by atoms with Gasteiger partial charge in [-0.15, -0.1) is 0 Å². The van der Waals surface area contributed by atoms with Crippen LogP contribution in [0, 0.1) is 16.7 Å². The summed E-state index contributed by atoms with van der Waals surface area (Å²) in [5, 5.41) is 0. The lowest BCUT2D eigenvalue weighted by atomic mass is 9.70. The molecule has 0 saturated heterocycles. The molecule has 2 fully saturated rings. The van der Waals surface area contributed by atoms with E-state index in [0.29, 0.717) is 12.3 Å². The van der Waals surface area contributed by atoms with Crippen LogP contribution in [0.3, 0.4) is 0 Å². The van der Waals surface area contributed by atoms with Crippen molar-refractivity contribution in [3.63, 3.8) is 0 Å². The van der Waals surface area contributed by atoms with Crippen molar-refractivity contribution < 1.29 is 9.53 Å². The maximum absolute atomic E-state index is 12.4. The Balaban J connectivity index is 1.68. The molecule has 0 N–H and O–H groups in total. The van der Waals surface area contributed by atoms with E-state index in [2.05, 4.69) is 20.8 Å². The summed E-state index contributed by atoms with van der Waals surface area (Å²) in [5.41, 5.74) is 2.50. The van der Waals surface area contributed by atoms with E-state index in [1.54, 1.807) is 0 Å². The minimum atomic E-state index is -0.368. The van der Waals surface area contributed by atoms with Gasteiger partial charge >= 0.3 is 5.97 Å². The van der Waals surface area contributed by atoms with Gasteiger partial charge in [0.25, 0.3) is 0 Å². The second-order valence-electron chi connectivity index (χ2n) is 7.81. The molecule has 1 aromatic rings. The Labute approximate surface area is 131 Å². The predicted molar refractivity (Wildman–Crippen MR) is 85.9 cm³/mol. The summed E-state index contributed by atoms with van der Waals surface area (Å²) in [6.07, 6.45) is 2.85. The molecule has 1 heterocycles. The van der Waals surface area contributed by atoms with Gasteiger partial charge in [0.1, 0.15) is 6.10 Å². The van der Waals surface area contributed by atoms with Crippen molar-refractivity contribution in [3.8, 4) is 0 Å². The number of carbonyl (C=O) groups is 1. The highest BCUT2D eigenvalue weighted by atomic mass is 16.5. The molecule has 116 valence electrons. The molecule has 0 amide bonds. The SMILES string of the molecule is CC1(C)[C@@H]2CC[C@@]1(C)[C@@H]1OC(=O)[C@H](Cc3ccccc3)N=C21. The molecule has 2 saturated carbocycles. The van der Waals surface area contributed by atoms with E-state index < -0.39 is 0 Å². The minimum absolute atomic E-state index is 0.0455. The molecule has 0 unspecified atom stereocenters. The predicted octanol–water partition coefficient (Wildman–Crippen LogP) is 3.42. The van der Waals surface area contributed by atoms with Crippen LogP contribution < -0.4 is 0 Å². The summed E-state index contributed by atoms with van der Waals surface area (Å²) in [7, 11) is 0. The van der Waals surface area contributed by atoms with Gasteiger partial charge in [0.15, 0.2) is 6.04 Å². The average molecular weight is 297 g/mol. The summed E-state index contributed by atoms with van der Waals surface area (Å²) in [6.45, 7) is 6.89. The number of hydrogen-bond donors (Lipinski definition) is 0. The number of hydrogen-bond acceptors (Lipinski definition) is 3. The first kappa shape index (κ1) is 14.0. The second kappa shape index (κ2) is 4.43. The third-order valence-corrected chi connectivity index (χ3v) is 6.58. The molecule has 1 aliphatic heterocycles. The first-order valence-electron chi connectivity index (χ1n) is 8.25. The molecule has 0 spiro atoms. The van der Waals surface area contributed by atoms with Crippen LogP contribution in [-0.2, 0) is 16.0 Å². The van der Waals surface area contributed by atoms with Crippen molar-refractivity contribution in [2.24, 2.45) is 21.7 Å². The van der Waals surface area contributed by atoms with Gasteiger partial charge in [0.2, 0.25) is 0 Å². The molecule has 3 heteroatoms. The molecular weight excluding hydrogens is 274 g/mol. The molecule has 22 heavy (non-hydrogen) atoms. The van der Waals surface area contributed by atoms with Crippen molar-refractivity contribution >= 4 is 11.7 Å². The highest BCUT2D eigenvalue weighted by Gasteiger charge is 2.67. The molecule has 2 aliphatic carbocycles. The van der Waals surface area contributed by atoms with E-state index >= 15 is 0 Å². The van der Waals surface area contributed by atoms with Crippen LogP contribution in [0.1, 0.15) is 39.2 Å². The number of benzene rings is 1. The zero-order valence-corrected chi connectivity index (χ0v) is 13.5. The normalized spacial score (nSPS) is 38.4. The molecule has 4 atom stereocenters. The highest BCUT2D eigenvalue weighted by Crippen LogP contribution is 2.65. The Bertz CT molecular complexity index is 649. The molecule has 2 bridgehead atoms. The highest BCUT2D eigenvalue weighted by molar-refractivity contribution is 6.01. The lowest BCUT2D eigenvalue weighted by molar-refractivity contribution is -0.155. The number of nitrogens with zero attached hydrogens (tertiary/aromatic N) is 1.